The Morgan fingerprint density at radius 1 is 0.667 bits per heavy atom. The summed E-state index contributed by atoms with van der Waals surface area (Å²) < 4.78 is 59.9. The molecule has 0 spiro atoms. The van der Waals surface area contributed by atoms with Gasteiger partial charge < -0.3 is 0 Å². The van der Waals surface area contributed by atoms with E-state index in [4.69, 9.17) is 0 Å². The van der Waals surface area contributed by atoms with E-state index in [2.05, 4.69) is 0 Å². The molecule has 0 aliphatic rings. The van der Waals surface area contributed by atoms with Crippen molar-refractivity contribution >= 4 is 0 Å². The number of hydrogen-bond donors (Lipinski definition) is 0. The van der Waals surface area contributed by atoms with Crippen molar-refractivity contribution in [1.82, 2.24) is 0 Å². The quantitative estimate of drug-likeness (QED) is 0.377. The second-order valence-electron chi connectivity index (χ2n) is 1.69. The maximum Gasteiger partial charge on any atom is 0.200 e. The van der Waals surface area contributed by atoms with Crippen LogP contribution in [0.15, 0.2) is 0 Å². The molecule has 1 radical (unpaired) electrons. The normalized spacial score (nSPS) is 9.42. The summed E-state index contributed by atoms with van der Waals surface area (Å²) >= 11 is 0. The molecule has 1 rings (SSSR count). The van der Waals surface area contributed by atoms with Gasteiger partial charge in [0.2, 0.25) is 5.82 Å². The second-order valence-corrected chi connectivity index (χ2v) is 1.69. The number of hydrogen-bond acceptors (Lipinski definition) is 0. The predicted octanol–water partition coefficient (Wildman–Crippen LogP) is 2.18. The standard InChI is InChI=1S/C6F5.Pt/c7-2-1-3(8)5(10)6(11)4(2)9;. The van der Waals surface area contributed by atoms with E-state index in [0.29, 0.717) is 0 Å². The SMILES string of the molecule is Fc1[c]c(F)c(F)c(F)c1F.[Pt]. The fourth-order valence-corrected chi connectivity index (χ4v) is 0.495. The van der Waals surface area contributed by atoms with E-state index in [1.165, 1.54) is 0 Å². The van der Waals surface area contributed by atoms with Gasteiger partial charge in [0.25, 0.3) is 0 Å². The van der Waals surface area contributed by atoms with Gasteiger partial charge in [0.1, 0.15) is 0 Å². The van der Waals surface area contributed by atoms with Crippen molar-refractivity contribution in [3.8, 4) is 0 Å². The van der Waals surface area contributed by atoms with Gasteiger partial charge in [-0.15, -0.1) is 0 Å². The summed E-state index contributed by atoms with van der Waals surface area (Å²) in [6.45, 7) is 0. The van der Waals surface area contributed by atoms with Crippen molar-refractivity contribution in [2.24, 2.45) is 0 Å². The molecule has 6 heteroatoms. The molecule has 1 aromatic carbocycles. The molecule has 0 N–H and O–H groups in total. The van der Waals surface area contributed by atoms with Crippen LogP contribution in [0.5, 0.6) is 0 Å². The van der Waals surface area contributed by atoms with Gasteiger partial charge in [-0.2, -0.15) is 0 Å². The zero-order chi connectivity index (χ0) is 8.59. The van der Waals surface area contributed by atoms with Crippen LogP contribution in [0.4, 0.5) is 22.0 Å². The average molecular weight is 362 g/mol. The molecule has 12 heavy (non-hydrogen) atoms. The Labute approximate surface area is 78.6 Å². The number of halogens is 5. The predicted molar refractivity (Wildman–Crippen MR) is 25.1 cm³/mol. The minimum Gasteiger partial charge on any atom is -0.203 e. The molecule has 0 bridgehead atoms. The largest absolute Gasteiger partial charge is 0.203 e. The van der Waals surface area contributed by atoms with Crippen molar-refractivity contribution in [1.29, 1.82) is 0 Å². The summed E-state index contributed by atoms with van der Waals surface area (Å²) in [5, 5.41) is 0. The van der Waals surface area contributed by atoms with Crippen LogP contribution in [-0.2, 0) is 21.1 Å². The Balaban J connectivity index is 0.00000121. The van der Waals surface area contributed by atoms with Crippen molar-refractivity contribution in [3.63, 3.8) is 0 Å². The van der Waals surface area contributed by atoms with Crippen LogP contribution in [0.1, 0.15) is 0 Å². The molecule has 0 aliphatic heterocycles. The molecule has 0 saturated heterocycles. The van der Waals surface area contributed by atoms with Crippen LogP contribution in [0.2, 0.25) is 0 Å². The zero-order valence-corrected chi connectivity index (χ0v) is 7.48. The van der Waals surface area contributed by atoms with E-state index < -0.39 is 29.1 Å². The van der Waals surface area contributed by atoms with E-state index in [0.717, 1.165) is 6.07 Å². The summed E-state index contributed by atoms with van der Waals surface area (Å²) in [5.41, 5.74) is 0. The average Bonchev–Trinajstić information content (AvgIpc) is 1.97. The molecular formula is C6F5Pt. The fourth-order valence-electron chi connectivity index (χ4n) is 0.495. The van der Waals surface area contributed by atoms with Crippen molar-refractivity contribution in [2.75, 3.05) is 0 Å². The first kappa shape index (κ1) is 11.6. The van der Waals surface area contributed by atoms with Crippen LogP contribution >= 0.6 is 0 Å². The van der Waals surface area contributed by atoms with Gasteiger partial charge >= 0.3 is 0 Å². The summed E-state index contributed by atoms with van der Waals surface area (Å²) in [4.78, 5) is 0. The second kappa shape index (κ2) is 3.99. The Morgan fingerprint density at radius 2 is 1.00 bits per heavy atom. The minimum absolute atomic E-state index is 0. The van der Waals surface area contributed by atoms with Gasteiger partial charge in [-0.25, -0.2) is 22.0 Å². The molecule has 0 unspecified atom stereocenters. The van der Waals surface area contributed by atoms with Crippen LogP contribution in [-0.4, -0.2) is 0 Å². The molecule has 1 aromatic rings. The third-order valence-electron chi connectivity index (χ3n) is 0.990. The first-order chi connectivity index (χ1) is 5.04. The Kier molecular flexibility index (Phi) is 3.84. The molecule has 0 aliphatic carbocycles. The molecule has 0 heterocycles. The summed E-state index contributed by atoms with van der Waals surface area (Å²) in [7, 11) is 0. The minimum atomic E-state index is -2.17. The molecule has 0 nitrogen and oxygen atoms in total. The van der Waals surface area contributed by atoms with Gasteiger partial charge in [0, 0.05) is 21.1 Å². The Hall–Kier alpha value is -0.442. The third-order valence-corrected chi connectivity index (χ3v) is 0.990. The van der Waals surface area contributed by atoms with Gasteiger partial charge in [0.05, 0.1) is 6.07 Å². The zero-order valence-electron chi connectivity index (χ0n) is 5.21. The fraction of sp³-hybridized carbons (Fsp3) is 0. The molecule has 0 saturated carbocycles. The van der Waals surface area contributed by atoms with Gasteiger partial charge in [-0.1, -0.05) is 0 Å². The first-order valence-electron chi connectivity index (χ1n) is 2.44. The topological polar surface area (TPSA) is 0 Å². The molecule has 0 fully saturated rings. The smallest absolute Gasteiger partial charge is 0.200 e. The maximum absolute atomic E-state index is 12.0. The molecule has 0 amide bonds. The Morgan fingerprint density at radius 3 is 1.33 bits per heavy atom. The van der Waals surface area contributed by atoms with Crippen LogP contribution in [0.3, 0.4) is 0 Å². The van der Waals surface area contributed by atoms with Gasteiger partial charge in [-0.05, 0) is 0 Å². The van der Waals surface area contributed by atoms with Crippen LogP contribution in [0, 0.1) is 35.2 Å². The van der Waals surface area contributed by atoms with Crippen LogP contribution in [0.25, 0.3) is 0 Å². The number of benzene rings is 1. The molecule has 69 valence electrons. The van der Waals surface area contributed by atoms with Crippen molar-refractivity contribution in [3.05, 3.63) is 35.2 Å². The van der Waals surface area contributed by atoms with Gasteiger partial charge in [-0.3, -0.25) is 0 Å². The van der Waals surface area contributed by atoms with Gasteiger partial charge in [0.15, 0.2) is 23.3 Å². The van der Waals surface area contributed by atoms with E-state index in [1.807, 2.05) is 0 Å². The van der Waals surface area contributed by atoms with Crippen molar-refractivity contribution in [2.45, 2.75) is 0 Å². The van der Waals surface area contributed by atoms with E-state index in [9.17, 15) is 22.0 Å². The number of rotatable bonds is 0. The summed E-state index contributed by atoms with van der Waals surface area (Å²) in [6.07, 6.45) is 0. The molecule has 0 atom stereocenters. The van der Waals surface area contributed by atoms with Crippen LogP contribution < -0.4 is 0 Å². The monoisotopic (exact) mass is 362 g/mol. The van der Waals surface area contributed by atoms with E-state index in [-0.39, 0.29) is 21.1 Å². The third kappa shape index (κ3) is 1.83. The van der Waals surface area contributed by atoms with Crippen molar-refractivity contribution < 1.29 is 43.0 Å². The van der Waals surface area contributed by atoms with E-state index >= 15 is 0 Å². The summed E-state index contributed by atoms with van der Waals surface area (Å²) in [5.74, 6) is -10.0. The molecular weight excluding hydrogens is 362 g/mol. The summed E-state index contributed by atoms with van der Waals surface area (Å²) in [6, 6.07) is 1.02. The molecule has 0 aromatic heterocycles. The first-order valence-corrected chi connectivity index (χ1v) is 2.44. The Bertz CT molecular complexity index is 272. The van der Waals surface area contributed by atoms with E-state index in [1.54, 1.807) is 0 Å². The maximum atomic E-state index is 12.0.